The highest BCUT2D eigenvalue weighted by atomic mass is 16.2. The van der Waals surface area contributed by atoms with Gasteiger partial charge in [-0.05, 0) is 19.3 Å². The van der Waals surface area contributed by atoms with Crippen molar-refractivity contribution >= 4 is 17.6 Å². The largest absolute Gasteiger partial charge is 0.314 e. The predicted molar refractivity (Wildman–Crippen MR) is 75.4 cm³/mol. The molecule has 1 atom stereocenters. The molecule has 2 fully saturated rings. The number of carbonyl (C=O) groups is 2. The average molecular weight is 278 g/mol. The topological polar surface area (TPSA) is 73.8 Å². The van der Waals surface area contributed by atoms with Gasteiger partial charge in [0, 0.05) is 26.2 Å². The highest BCUT2D eigenvalue weighted by molar-refractivity contribution is 6.21. The maximum atomic E-state index is 12.1. The summed E-state index contributed by atoms with van der Waals surface area (Å²) < 4.78 is 0. The van der Waals surface area contributed by atoms with E-state index in [4.69, 9.17) is 0 Å². The molecule has 0 aromatic carbocycles. The molecule has 2 heterocycles. The van der Waals surface area contributed by atoms with Gasteiger partial charge in [0.05, 0.1) is 6.04 Å². The van der Waals surface area contributed by atoms with Gasteiger partial charge in [-0.2, -0.15) is 4.99 Å². The zero-order valence-electron chi connectivity index (χ0n) is 11.9. The smallest absolute Gasteiger partial charge is 0.263 e. The average Bonchev–Trinajstić information content (AvgIpc) is 3.25. The first kappa shape index (κ1) is 13.7. The first-order chi connectivity index (χ1) is 9.67. The van der Waals surface area contributed by atoms with E-state index < -0.39 is 5.41 Å². The normalized spacial score (nSPS) is 27.1. The lowest BCUT2D eigenvalue weighted by molar-refractivity contribution is -0.135. The number of amidine groups is 1. The Morgan fingerprint density at radius 1 is 1.30 bits per heavy atom. The molecule has 1 saturated heterocycles. The Morgan fingerprint density at radius 2 is 2.00 bits per heavy atom. The summed E-state index contributed by atoms with van der Waals surface area (Å²) in [5, 5.41) is 6.23. The number of hydrogen-bond acceptors (Lipinski definition) is 4. The van der Waals surface area contributed by atoms with Crippen LogP contribution in [0.4, 0.5) is 0 Å². The van der Waals surface area contributed by atoms with Crippen LogP contribution >= 0.6 is 0 Å². The van der Waals surface area contributed by atoms with E-state index in [2.05, 4.69) is 27.4 Å². The number of amides is 2. The van der Waals surface area contributed by atoms with E-state index >= 15 is 0 Å². The summed E-state index contributed by atoms with van der Waals surface area (Å²) in [6.45, 7) is 5.86. The van der Waals surface area contributed by atoms with Crippen molar-refractivity contribution in [3.63, 3.8) is 0 Å². The number of nitrogens with zero attached hydrogens (tertiary/aromatic N) is 2. The van der Waals surface area contributed by atoms with Gasteiger partial charge in [-0.3, -0.25) is 14.5 Å². The third-order valence-electron chi connectivity index (χ3n) is 4.53. The molecule has 110 valence electrons. The Balaban J connectivity index is 1.80. The highest BCUT2D eigenvalue weighted by Crippen LogP contribution is 2.48. The summed E-state index contributed by atoms with van der Waals surface area (Å²) in [7, 11) is 0. The van der Waals surface area contributed by atoms with E-state index in [1.54, 1.807) is 0 Å². The van der Waals surface area contributed by atoms with Gasteiger partial charge in [-0.25, -0.2) is 0 Å². The van der Waals surface area contributed by atoms with Crippen LogP contribution < -0.4 is 10.6 Å². The Hall–Kier alpha value is -1.27. The number of carbonyl (C=O) groups excluding carboxylic acids is 2. The molecular formula is C14H22N4O2. The maximum absolute atomic E-state index is 12.1. The number of hydrogen-bond donors (Lipinski definition) is 2. The quantitative estimate of drug-likeness (QED) is 0.704. The fraction of sp³-hybridized carbons (Fsp3) is 0.786. The summed E-state index contributed by atoms with van der Waals surface area (Å²) in [5.41, 5.74) is -0.802. The Kier molecular flexibility index (Phi) is 3.60. The Bertz CT molecular complexity index is 450. The minimum Gasteiger partial charge on any atom is -0.314 e. The molecule has 1 aliphatic carbocycles. The zero-order valence-corrected chi connectivity index (χ0v) is 11.9. The van der Waals surface area contributed by atoms with E-state index in [9.17, 15) is 9.59 Å². The van der Waals surface area contributed by atoms with E-state index in [-0.39, 0.29) is 17.9 Å². The minimum absolute atomic E-state index is 0.0612. The first-order valence-corrected chi connectivity index (χ1v) is 7.56. The van der Waals surface area contributed by atoms with Crippen LogP contribution in [0.5, 0.6) is 0 Å². The molecule has 6 nitrogen and oxygen atoms in total. The molecule has 0 aromatic rings. The van der Waals surface area contributed by atoms with Crippen molar-refractivity contribution in [2.24, 2.45) is 10.4 Å². The highest BCUT2D eigenvalue weighted by Gasteiger charge is 2.59. The number of piperazine rings is 1. The second kappa shape index (κ2) is 5.26. The van der Waals surface area contributed by atoms with Crippen LogP contribution in [0.1, 0.15) is 32.6 Å². The molecule has 2 amide bonds. The predicted octanol–water partition coefficient (Wildman–Crippen LogP) is -0.105. The fourth-order valence-electron chi connectivity index (χ4n) is 3.06. The SMILES string of the molecule is CCCC(C1=NC(=O)C2(CC2)C(=O)N1)N1CCNCC1. The monoisotopic (exact) mass is 278 g/mol. The van der Waals surface area contributed by atoms with Crippen LogP contribution in [0, 0.1) is 5.41 Å². The molecule has 20 heavy (non-hydrogen) atoms. The maximum Gasteiger partial charge on any atom is 0.263 e. The molecule has 6 heteroatoms. The zero-order chi connectivity index (χ0) is 14.2. The second-order valence-electron chi connectivity index (χ2n) is 5.93. The summed E-state index contributed by atoms with van der Waals surface area (Å²) in [5.74, 6) is 0.206. The van der Waals surface area contributed by atoms with Crippen LogP contribution in [0.25, 0.3) is 0 Å². The van der Waals surface area contributed by atoms with Crippen molar-refractivity contribution in [3.8, 4) is 0 Å². The molecule has 3 aliphatic rings. The minimum atomic E-state index is -0.802. The van der Waals surface area contributed by atoms with Crippen LogP contribution in [0.15, 0.2) is 4.99 Å². The summed E-state index contributed by atoms with van der Waals surface area (Å²) in [6.07, 6.45) is 3.23. The summed E-state index contributed by atoms with van der Waals surface area (Å²) in [6, 6.07) is 0.0612. The van der Waals surface area contributed by atoms with Gasteiger partial charge in [0.15, 0.2) is 0 Å². The number of nitrogens with one attached hydrogen (secondary N) is 2. The summed E-state index contributed by atoms with van der Waals surface area (Å²) >= 11 is 0. The number of rotatable bonds is 4. The van der Waals surface area contributed by atoms with Crippen molar-refractivity contribution in [2.45, 2.75) is 38.6 Å². The Morgan fingerprint density at radius 3 is 2.55 bits per heavy atom. The molecule has 2 aliphatic heterocycles. The molecule has 1 unspecified atom stereocenters. The number of aliphatic imine (C=N–C) groups is 1. The first-order valence-electron chi connectivity index (χ1n) is 7.56. The van der Waals surface area contributed by atoms with E-state index in [1.165, 1.54) is 0 Å². The molecular weight excluding hydrogens is 256 g/mol. The Labute approximate surface area is 119 Å². The van der Waals surface area contributed by atoms with Gasteiger partial charge in [0.1, 0.15) is 11.3 Å². The molecule has 0 bridgehead atoms. The third kappa shape index (κ3) is 2.27. The van der Waals surface area contributed by atoms with Gasteiger partial charge < -0.3 is 10.6 Å². The van der Waals surface area contributed by atoms with E-state index in [0.29, 0.717) is 18.7 Å². The van der Waals surface area contributed by atoms with Gasteiger partial charge >= 0.3 is 0 Å². The van der Waals surface area contributed by atoms with Crippen molar-refractivity contribution in [3.05, 3.63) is 0 Å². The van der Waals surface area contributed by atoms with Crippen LogP contribution in [0.2, 0.25) is 0 Å². The molecule has 2 N–H and O–H groups in total. The second-order valence-corrected chi connectivity index (χ2v) is 5.93. The molecule has 1 spiro atoms. The van der Waals surface area contributed by atoms with E-state index in [1.807, 2.05) is 0 Å². The fourth-order valence-corrected chi connectivity index (χ4v) is 3.06. The van der Waals surface area contributed by atoms with Crippen molar-refractivity contribution in [2.75, 3.05) is 26.2 Å². The van der Waals surface area contributed by atoms with Crippen molar-refractivity contribution < 1.29 is 9.59 Å². The van der Waals surface area contributed by atoms with Crippen LogP contribution in [-0.4, -0.2) is 54.8 Å². The lowest BCUT2D eigenvalue weighted by atomic mass is 10.0. The van der Waals surface area contributed by atoms with Gasteiger partial charge in [0.2, 0.25) is 5.91 Å². The third-order valence-corrected chi connectivity index (χ3v) is 4.53. The lowest BCUT2D eigenvalue weighted by Gasteiger charge is -2.36. The van der Waals surface area contributed by atoms with Crippen molar-refractivity contribution in [1.82, 2.24) is 15.5 Å². The van der Waals surface area contributed by atoms with Crippen molar-refractivity contribution in [1.29, 1.82) is 0 Å². The van der Waals surface area contributed by atoms with E-state index in [0.717, 1.165) is 39.0 Å². The molecule has 0 radical (unpaired) electrons. The standard InChI is InChI=1S/C14H22N4O2/c1-2-3-10(18-8-6-15-7-9-18)11-16-12(19)14(4-5-14)13(20)17-11/h10,15H,2-9H2,1H3,(H,16,17,19,20). The molecule has 0 aromatic heterocycles. The van der Waals surface area contributed by atoms with Crippen LogP contribution in [-0.2, 0) is 9.59 Å². The van der Waals surface area contributed by atoms with Crippen LogP contribution in [0.3, 0.4) is 0 Å². The molecule has 1 saturated carbocycles. The lowest BCUT2D eigenvalue weighted by Crippen LogP contribution is -2.57. The van der Waals surface area contributed by atoms with Gasteiger partial charge in [-0.15, -0.1) is 0 Å². The molecule has 3 rings (SSSR count). The van der Waals surface area contributed by atoms with Gasteiger partial charge in [-0.1, -0.05) is 13.3 Å². The van der Waals surface area contributed by atoms with Gasteiger partial charge in [0.25, 0.3) is 5.91 Å². The summed E-state index contributed by atoms with van der Waals surface area (Å²) in [4.78, 5) is 30.8.